The van der Waals surface area contributed by atoms with E-state index >= 15 is 0 Å². The van der Waals surface area contributed by atoms with E-state index in [0.717, 1.165) is 22.8 Å². The number of amides is 1. The summed E-state index contributed by atoms with van der Waals surface area (Å²) in [5.74, 6) is -5.02. The second kappa shape index (κ2) is 10.8. The summed E-state index contributed by atoms with van der Waals surface area (Å²) in [7, 11) is -5.75. The molecule has 1 fully saturated rings. The van der Waals surface area contributed by atoms with Gasteiger partial charge in [-0.25, -0.2) is 13.1 Å². The van der Waals surface area contributed by atoms with Crippen LogP contribution >= 0.6 is 0 Å². The van der Waals surface area contributed by atoms with Crippen LogP contribution in [0.3, 0.4) is 0 Å². The Labute approximate surface area is 194 Å². The summed E-state index contributed by atoms with van der Waals surface area (Å²) in [6, 6.07) is -0.598. The fourth-order valence-corrected chi connectivity index (χ4v) is 2.90. The first kappa shape index (κ1) is 8.24. The number of carbonyl (C=O) groups excluding carboxylic acids is 1. The first-order valence-corrected chi connectivity index (χ1v) is 9.72. The highest BCUT2D eigenvalue weighted by Gasteiger charge is 2.17. The lowest BCUT2D eigenvalue weighted by atomic mass is 10.2. The predicted molar refractivity (Wildman–Crippen MR) is 115 cm³/mol. The van der Waals surface area contributed by atoms with Gasteiger partial charge >= 0.3 is 0 Å². The number of anilines is 2. The normalized spacial score (nSPS) is 32.9. The molecule has 158 valence electrons. The molecule has 1 aromatic carbocycles. The van der Waals surface area contributed by atoms with Gasteiger partial charge in [-0.05, 0) is 43.4 Å². The van der Waals surface area contributed by atoms with Crippen molar-refractivity contribution in [3.8, 4) is 0 Å². The molecule has 1 aliphatic rings. The van der Waals surface area contributed by atoms with E-state index in [0.29, 0.717) is 0 Å². The molecule has 0 aliphatic carbocycles. The SMILES string of the molecule is [2H]c1cc([2H])c(N2C([2H])CN(C([2H])([2H])CCCN([2H])S(=O)(=O)C([2H])([2H])C([2H])(C([2H])([2H])[2H])C([2H])([2H])[2H])CC2[2H])c([2H])c1N([2H])C(C)=O. The minimum absolute atomic E-state index is 0.276. The molecule has 1 saturated heterocycles. The Kier molecular flexibility index (Phi) is 3.17. The Balaban J connectivity index is 2.25. The molecule has 1 heterocycles. The Hall–Kier alpha value is -1.64. The van der Waals surface area contributed by atoms with Gasteiger partial charge in [-0.1, -0.05) is 19.8 Å². The average molecular weight is 429 g/mol. The standard InChI is InChI=1S/C20H34N4O3S/c1-17(2)16-28(26,27)21-9-4-5-10-23-11-13-24(14-12-23)20-8-6-7-19(15-20)22-18(3)25/h6-8,15,17,21H,4-5,9-14,16H2,1-3H3,(H,22,25)/i1D3,2D3,7D,8D,10D2,13D,14D,15D,16D2,17D/hD2. The molecule has 0 spiro atoms. The van der Waals surface area contributed by atoms with Crippen molar-refractivity contribution in [1.29, 1.82) is 0 Å². The molecule has 2 atom stereocenters. The molecule has 0 aromatic heterocycles. The van der Waals surface area contributed by atoms with E-state index in [4.69, 9.17) is 24.8 Å². The molecule has 1 aliphatic heterocycles. The van der Waals surface area contributed by atoms with Gasteiger partial charge in [0.05, 0.1) is 12.6 Å². The zero-order valence-corrected chi connectivity index (χ0v) is 16.0. The lowest BCUT2D eigenvalue weighted by molar-refractivity contribution is -0.114. The third kappa shape index (κ3) is 8.16. The third-order valence-corrected chi connectivity index (χ3v) is 4.33. The maximum atomic E-state index is 12.9. The fraction of sp³-hybridized carbons (Fsp3) is 0.650. The number of sulfonamides is 1. The van der Waals surface area contributed by atoms with Gasteiger partial charge in [0, 0.05) is 66.1 Å². The first-order valence-electron chi connectivity index (χ1n) is 17.3. The number of nitrogens with one attached hydrogen (secondary N) is 2. The van der Waals surface area contributed by atoms with Crippen LogP contribution in [0.25, 0.3) is 0 Å². The minimum atomic E-state index is -5.75. The summed E-state index contributed by atoms with van der Waals surface area (Å²) in [6.45, 7) is -14.0. The second-order valence-electron chi connectivity index (χ2n) is 5.63. The zero-order chi connectivity index (χ0) is 36.2. The van der Waals surface area contributed by atoms with Crippen LogP contribution in [0.2, 0.25) is 2.82 Å². The van der Waals surface area contributed by atoms with Gasteiger partial charge in [0.15, 0.2) is 1.41 Å². The van der Waals surface area contributed by atoms with Crippen molar-refractivity contribution in [3.05, 3.63) is 24.2 Å². The highest BCUT2D eigenvalue weighted by Crippen LogP contribution is 2.21. The monoisotopic (exact) mass is 428 g/mol. The fourth-order valence-electron chi connectivity index (χ4n) is 2.21. The van der Waals surface area contributed by atoms with Crippen molar-refractivity contribution in [3.63, 3.8) is 0 Å². The van der Waals surface area contributed by atoms with Gasteiger partial charge in [-0.3, -0.25) is 9.69 Å². The molecule has 8 heteroatoms. The highest BCUT2D eigenvalue weighted by atomic mass is 32.2. The van der Waals surface area contributed by atoms with E-state index in [9.17, 15) is 13.2 Å². The van der Waals surface area contributed by atoms with E-state index in [1.165, 1.54) is 0 Å². The van der Waals surface area contributed by atoms with Crippen LogP contribution in [-0.4, -0.2) is 64.1 Å². The van der Waals surface area contributed by atoms with Crippen LogP contribution in [-0.2, 0) is 14.8 Å². The molecule has 1 aromatic rings. The summed E-state index contributed by atoms with van der Waals surface area (Å²) in [5, 5.41) is 0.276. The quantitative estimate of drug-likeness (QED) is 0.597. The van der Waals surface area contributed by atoms with Crippen molar-refractivity contribution in [2.24, 2.45) is 5.89 Å². The summed E-state index contributed by atoms with van der Waals surface area (Å²) in [5.41, 5.74) is -5.11. The number of rotatable bonds is 10. The average Bonchev–Trinajstić information content (AvgIpc) is 2.87. The van der Waals surface area contributed by atoms with Crippen molar-refractivity contribution in [1.82, 2.24) is 9.62 Å². The first-order chi connectivity index (χ1) is 20.5. The Morgan fingerprint density at radius 1 is 1.43 bits per heavy atom. The highest BCUT2D eigenvalue weighted by molar-refractivity contribution is 7.89. The van der Waals surface area contributed by atoms with E-state index in [-0.39, 0.29) is 11.0 Å². The van der Waals surface area contributed by atoms with E-state index in [1.807, 2.05) is 0 Å². The summed E-state index contributed by atoms with van der Waals surface area (Å²) < 4.78 is 168. The molecule has 0 saturated carbocycles. The summed E-state index contributed by atoms with van der Waals surface area (Å²) in [6.07, 6.45) is -1.07. The van der Waals surface area contributed by atoms with Crippen molar-refractivity contribution < 1.29 is 38.0 Å². The topological polar surface area (TPSA) is 81.8 Å². The van der Waals surface area contributed by atoms with Crippen LogP contribution in [0.5, 0.6) is 0 Å². The van der Waals surface area contributed by atoms with Gasteiger partial charge in [-0.2, -0.15) is 0 Å². The molecule has 2 N–H and O–H groups in total. The van der Waals surface area contributed by atoms with Crippen LogP contribution in [0, 0.1) is 5.89 Å². The summed E-state index contributed by atoms with van der Waals surface area (Å²) >= 11 is 0. The zero-order valence-electron chi connectivity index (χ0n) is 33.2. The molecule has 1 amide bonds. The maximum absolute atomic E-state index is 12.9. The molecule has 0 bridgehead atoms. The lowest BCUT2D eigenvalue weighted by Gasteiger charge is -2.36. The number of carbonyl (C=O) groups is 1. The molecule has 0 radical (unpaired) electrons. The predicted octanol–water partition coefficient (Wildman–Crippen LogP) is 2.12. The third-order valence-electron chi connectivity index (χ3n) is 3.34. The minimum Gasteiger partial charge on any atom is -0.369 e. The maximum Gasteiger partial charge on any atom is 0.221 e. The van der Waals surface area contributed by atoms with E-state index in [2.05, 4.69) is 0 Å². The van der Waals surface area contributed by atoms with Crippen LogP contribution in [0.15, 0.2) is 24.2 Å². The number of nitrogens with zero attached hydrogens (tertiary/aromatic N) is 2. The Morgan fingerprint density at radius 3 is 2.86 bits per heavy atom. The molecule has 7 nitrogen and oxygen atoms in total. The Morgan fingerprint density at radius 2 is 2.18 bits per heavy atom. The van der Waals surface area contributed by atoms with Crippen molar-refractivity contribution >= 4 is 27.3 Å². The van der Waals surface area contributed by atoms with Crippen molar-refractivity contribution in [2.45, 2.75) is 33.5 Å². The number of hydrogen-bond acceptors (Lipinski definition) is 5. The van der Waals surface area contributed by atoms with Crippen LogP contribution < -0.4 is 14.9 Å². The lowest BCUT2D eigenvalue weighted by Crippen LogP contribution is -2.46. The van der Waals surface area contributed by atoms with Crippen LogP contribution in [0.1, 0.15) is 55.4 Å². The molecular formula is C20H34N4O3S. The van der Waals surface area contributed by atoms with Gasteiger partial charge in [0.25, 0.3) is 0 Å². The largest absolute Gasteiger partial charge is 0.369 e. The van der Waals surface area contributed by atoms with E-state index in [1.54, 1.807) is 0 Å². The van der Waals surface area contributed by atoms with Crippen LogP contribution in [0.4, 0.5) is 11.4 Å². The van der Waals surface area contributed by atoms with Gasteiger partial charge < -0.3 is 10.2 Å². The number of piperazine rings is 1. The molecule has 2 unspecified atom stereocenters. The van der Waals surface area contributed by atoms with E-state index < -0.39 is 122 Å². The smallest absolute Gasteiger partial charge is 0.221 e. The van der Waals surface area contributed by atoms with Gasteiger partial charge in [-0.15, -0.1) is 0 Å². The molecular weight excluding hydrogens is 376 g/mol. The number of hydrogen-bond donors (Lipinski definition) is 2. The second-order valence-corrected chi connectivity index (χ2v) is 7.04. The summed E-state index contributed by atoms with van der Waals surface area (Å²) in [4.78, 5) is 13.8. The molecule has 28 heavy (non-hydrogen) atoms. The van der Waals surface area contributed by atoms with Gasteiger partial charge in [0.2, 0.25) is 15.9 Å². The number of benzene rings is 1. The van der Waals surface area contributed by atoms with Crippen molar-refractivity contribution in [2.75, 3.05) is 55.1 Å². The van der Waals surface area contributed by atoms with Gasteiger partial charge in [0.1, 0.15) is 1.41 Å². The Bertz CT molecular complexity index is 1380. The molecule has 2 rings (SSSR count).